The van der Waals surface area contributed by atoms with E-state index in [4.69, 9.17) is 0 Å². The van der Waals surface area contributed by atoms with Gasteiger partial charge in [0, 0.05) is 6.54 Å². The predicted octanol–water partition coefficient (Wildman–Crippen LogP) is 2.91. The Morgan fingerprint density at radius 1 is 1.06 bits per heavy atom. The number of nitrogens with zero attached hydrogens (tertiary/aromatic N) is 1. The minimum atomic E-state index is -4.54. The van der Waals surface area contributed by atoms with E-state index >= 15 is 0 Å². The summed E-state index contributed by atoms with van der Waals surface area (Å²) in [5, 5.41) is 9.61. The second kappa shape index (κ2) is 6.70. The third-order valence-electron chi connectivity index (χ3n) is 3.54. The van der Waals surface area contributed by atoms with Gasteiger partial charge in [-0.25, -0.2) is 0 Å². The Morgan fingerprint density at radius 2 is 1.78 bits per heavy atom. The van der Waals surface area contributed by atoms with Crippen molar-refractivity contribution >= 4 is 0 Å². The molecule has 1 aliphatic heterocycles. The standard InChI is InChI=1S/C12H21F4NO/c13-7-2-1-3-8-17-9-4-5-11(18,6-10-17)12(14,15)16/h18H,1-10H2. The summed E-state index contributed by atoms with van der Waals surface area (Å²) < 4.78 is 49.9. The van der Waals surface area contributed by atoms with Crippen LogP contribution in [0.1, 0.15) is 38.5 Å². The highest BCUT2D eigenvalue weighted by molar-refractivity contribution is 4.89. The summed E-state index contributed by atoms with van der Waals surface area (Å²) in [6.45, 7) is 1.18. The van der Waals surface area contributed by atoms with Gasteiger partial charge in [0.15, 0.2) is 5.60 Å². The minimum Gasteiger partial charge on any atom is -0.380 e. The number of hydrogen-bond donors (Lipinski definition) is 1. The van der Waals surface area contributed by atoms with Gasteiger partial charge in [-0.2, -0.15) is 13.2 Å². The number of alkyl halides is 4. The topological polar surface area (TPSA) is 23.5 Å². The average Bonchev–Trinajstić information content (AvgIpc) is 2.47. The zero-order chi connectivity index (χ0) is 13.6. The Kier molecular flexibility index (Phi) is 5.85. The Morgan fingerprint density at radius 3 is 2.39 bits per heavy atom. The second-order valence-corrected chi connectivity index (χ2v) is 4.97. The van der Waals surface area contributed by atoms with Crippen LogP contribution in [-0.2, 0) is 0 Å². The van der Waals surface area contributed by atoms with Gasteiger partial charge in [-0.05, 0) is 51.6 Å². The molecule has 2 nitrogen and oxygen atoms in total. The van der Waals surface area contributed by atoms with Crippen LogP contribution >= 0.6 is 0 Å². The van der Waals surface area contributed by atoms with E-state index in [0.29, 0.717) is 25.9 Å². The van der Waals surface area contributed by atoms with E-state index in [2.05, 4.69) is 0 Å². The van der Waals surface area contributed by atoms with Crippen LogP contribution in [0.3, 0.4) is 0 Å². The van der Waals surface area contributed by atoms with Crippen LogP contribution in [0, 0.1) is 0 Å². The molecule has 0 aliphatic carbocycles. The van der Waals surface area contributed by atoms with Crippen LogP contribution in [0.4, 0.5) is 17.6 Å². The fourth-order valence-corrected chi connectivity index (χ4v) is 2.29. The van der Waals surface area contributed by atoms with Crippen molar-refractivity contribution in [2.45, 2.75) is 50.3 Å². The summed E-state index contributed by atoms with van der Waals surface area (Å²) >= 11 is 0. The van der Waals surface area contributed by atoms with Crippen LogP contribution in [0.5, 0.6) is 0 Å². The van der Waals surface area contributed by atoms with E-state index in [9.17, 15) is 22.7 Å². The molecule has 0 aromatic heterocycles. The fraction of sp³-hybridized carbons (Fsp3) is 1.00. The van der Waals surface area contributed by atoms with Gasteiger partial charge in [0.2, 0.25) is 0 Å². The normalized spacial score (nSPS) is 27.2. The monoisotopic (exact) mass is 271 g/mol. The smallest absolute Gasteiger partial charge is 0.380 e. The van der Waals surface area contributed by atoms with Gasteiger partial charge in [-0.15, -0.1) is 0 Å². The van der Waals surface area contributed by atoms with Gasteiger partial charge in [0.05, 0.1) is 6.67 Å². The lowest BCUT2D eigenvalue weighted by Gasteiger charge is -2.29. The molecule has 0 radical (unpaired) electrons. The van der Waals surface area contributed by atoms with Crippen molar-refractivity contribution in [2.75, 3.05) is 26.3 Å². The van der Waals surface area contributed by atoms with Gasteiger partial charge >= 0.3 is 6.18 Å². The molecule has 1 fully saturated rings. The summed E-state index contributed by atoms with van der Waals surface area (Å²) in [7, 11) is 0. The van der Waals surface area contributed by atoms with Crippen LogP contribution < -0.4 is 0 Å². The van der Waals surface area contributed by atoms with Gasteiger partial charge in [0.1, 0.15) is 0 Å². The highest BCUT2D eigenvalue weighted by Gasteiger charge is 2.53. The van der Waals surface area contributed by atoms with Gasteiger partial charge in [-0.1, -0.05) is 0 Å². The number of hydrogen-bond acceptors (Lipinski definition) is 2. The zero-order valence-electron chi connectivity index (χ0n) is 10.5. The molecule has 0 aromatic rings. The third kappa shape index (κ3) is 4.39. The van der Waals surface area contributed by atoms with E-state index in [0.717, 1.165) is 12.8 Å². The second-order valence-electron chi connectivity index (χ2n) is 4.97. The number of unbranched alkanes of at least 4 members (excludes halogenated alkanes) is 2. The molecule has 0 spiro atoms. The van der Waals surface area contributed by atoms with Crippen molar-refractivity contribution in [3.8, 4) is 0 Å². The first-order valence-electron chi connectivity index (χ1n) is 6.46. The molecule has 1 aliphatic rings. The van der Waals surface area contributed by atoms with Crippen molar-refractivity contribution < 1.29 is 22.7 Å². The molecular weight excluding hydrogens is 250 g/mol. The molecule has 0 amide bonds. The number of aliphatic hydroxyl groups is 1. The molecule has 0 aromatic carbocycles. The van der Waals surface area contributed by atoms with Crippen molar-refractivity contribution in [2.24, 2.45) is 0 Å². The van der Waals surface area contributed by atoms with Crippen molar-refractivity contribution in [3.05, 3.63) is 0 Å². The van der Waals surface area contributed by atoms with Gasteiger partial charge in [0.25, 0.3) is 0 Å². The molecule has 1 N–H and O–H groups in total. The number of halogens is 4. The van der Waals surface area contributed by atoms with Crippen LogP contribution in [0.15, 0.2) is 0 Å². The lowest BCUT2D eigenvalue weighted by molar-refractivity contribution is -0.263. The third-order valence-corrected chi connectivity index (χ3v) is 3.54. The summed E-state index contributed by atoms with van der Waals surface area (Å²) in [6, 6.07) is 0. The molecule has 108 valence electrons. The van der Waals surface area contributed by atoms with Gasteiger partial charge < -0.3 is 10.0 Å². The van der Waals surface area contributed by atoms with E-state index < -0.39 is 11.8 Å². The SMILES string of the molecule is OC1(C(F)(F)F)CCCN(CCCCCF)CC1. The summed E-state index contributed by atoms with van der Waals surface area (Å²) in [5.74, 6) is 0. The lowest BCUT2D eigenvalue weighted by Crippen LogP contribution is -2.45. The number of likely N-dealkylation sites (tertiary alicyclic amines) is 1. The quantitative estimate of drug-likeness (QED) is 0.614. The molecule has 1 heterocycles. The summed E-state index contributed by atoms with van der Waals surface area (Å²) in [5.41, 5.74) is -2.53. The maximum absolute atomic E-state index is 12.7. The zero-order valence-corrected chi connectivity index (χ0v) is 10.5. The van der Waals surface area contributed by atoms with E-state index in [1.807, 2.05) is 4.90 Å². The number of rotatable bonds is 5. The first-order valence-corrected chi connectivity index (χ1v) is 6.46. The molecule has 18 heavy (non-hydrogen) atoms. The van der Waals surface area contributed by atoms with E-state index in [1.165, 1.54) is 0 Å². The molecule has 6 heteroatoms. The molecular formula is C12H21F4NO. The van der Waals surface area contributed by atoms with Gasteiger partial charge in [-0.3, -0.25) is 4.39 Å². The first kappa shape index (κ1) is 15.7. The Bertz CT molecular complexity index is 247. The molecule has 1 saturated heterocycles. The van der Waals surface area contributed by atoms with Crippen LogP contribution in [0.2, 0.25) is 0 Å². The summed E-state index contributed by atoms with van der Waals surface area (Å²) in [4.78, 5) is 1.93. The maximum Gasteiger partial charge on any atom is 0.417 e. The molecule has 1 atom stereocenters. The molecule has 1 rings (SSSR count). The average molecular weight is 271 g/mol. The largest absolute Gasteiger partial charge is 0.417 e. The molecule has 0 saturated carbocycles. The first-order chi connectivity index (χ1) is 8.39. The van der Waals surface area contributed by atoms with E-state index in [-0.39, 0.29) is 26.1 Å². The summed E-state index contributed by atoms with van der Waals surface area (Å²) in [6.07, 6.45) is -2.61. The molecule has 1 unspecified atom stereocenters. The predicted molar refractivity (Wildman–Crippen MR) is 61.1 cm³/mol. The fourth-order valence-electron chi connectivity index (χ4n) is 2.29. The Hall–Kier alpha value is -0.360. The van der Waals surface area contributed by atoms with Crippen molar-refractivity contribution in [1.29, 1.82) is 0 Å². The Balaban J connectivity index is 2.37. The lowest BCUT2D eigenvalue weighted by atomic mass is 9.94. The van der Waals surface area contributed by atoms with Crippen LogP contribution in [0.25, 0.3) is 0 Å². The van der Waals surface area contributed by atoms with Crippen molar-refractivity contribution in [1.82, 2.24) is 4.90 Å². The minimum absolute atomic E-state index is 0.225. The van der Waals surface area contributed by atoms with Crippen molar-refractivity contribution in [3.63, 3.8) is 0 Å². The highest BCUT2D eigenvalue weighted by Crippen LogP contribution is 2.38. The van der Waals surface area contributed by atoms with E-state index in [1.54, 1.807) is 0 Å². The highest BCUT2D eigenvalue weighted by atomic mass is 19.4. The Labute approximate surface area is 105 Å². The molecule has 0 bridgehead atoms. The maximum atomic E-state index is 12.7. The van der Waals surface area contributed by atoms with Crippen LogP contribution in [-0.4, -0.2) is 48.1 Å².